The molecule has 4 heteroatoms. The van der Waals surface area contributed by atoms with Gasteiger partial charge in [0.2, 0.25) is 0 Å². The van der Waals surface area contributed by atoms with Crippen LogP contribution in [0.15, 0.2) is 12.1 Å². The van der Waals surface area contributed by atoms with Gasteiger partial charge in [-0.1, -0.05) is 17.7 Å². The number of rotatable bonds is 2. The van der Waals surface area contributed by atoms with E-state index < -0.39 is 0 Å². The van der Waals surface area contributed by atoms with Gasteiger partial charge in [0.1, 0.15) is 5.01 Å². The van der Waals surface area contributed by atoms with Crippen molar-refractivity contribution in [3.05, 3.63) is 39.4 Å². The standard InChI is InChI=1S/C15H17NO2S/c1-8-6-9(2)12(10(3)7-8)14-16-13(11(4)19-14)15(17)18-5/h6-7H,1-5H3. The minimum Gasteiger partial charge on any atom is -0.464 e. The van der Waals surface area contributed by atoms with Gasteiger partial charge in [0, 0.05) is 10.4 Å². The molecule has 0 aliphatic heterocycles. The molecule has 0 atom stereocenters. The second kappa shape index (κ2) is 5.13. The number of hydrogen-bond donors (Lipinski definition) is 0. The Balaban J connectivity index is 2.58. The molecule has 0 unspecified atom stereocenters. The molecule has 0 aliphatic carbocycles. The third kappa shape index (κ3) is 2.54. The number of methoxy groups -OCH3 is 1. The number of carbonyl (C=O) groups excluding carboxylic acids is 1. The summed E-state index contributed by atoms with van der Waals surface area (Å²) >= 11 is 1.53. The highest BCUT2D eigenvalue weighted by Gasteiger charge is 2.18. The quantitative estimate of drug-likeness (QED) is 0.782. The van der Waals surface area contributed by atoms with Gasteiger partial charge in [-0.25, -0.2) is 9.78 Å². The lowest BCUT2D eigenvalue weighted by atomic mass is 10.0. The van der Waals surface area contributed by atoms with Gasteiger partial charge in [-0.3, -0.25) is 0 Å². The first-order valence-electron chi connectivity index (χ1n) is 6.08. The first-order chi connectivity index (χ1) is 8.93. The molecule has 2 rings (SSSR count). The van der Waals surface area contributed by atoms with E-state index in [1.54, 1.807) is 0 Å². The number of nitrogens with zero attached hydrogens (tertiary/aromatic N) is 1. The van der Waals surface area contributed by atoms with Crippen molar-refractivity contribution < 1.29 is 9.53 Å². The molecular formula is C15H17NO2S. The molecule has 0 bridgehead atoms. The summed E-state index contributed by atoms with van der Waals surface area (Å²) < 4.78 is 4.75. The normalized spacial score (nSPS) is 10.6. The number of hydrogen-bond acceptors (Lipinski definition) is 4. The lowest BCUT2D eigenvalue weighted by Gasteiger charge is -2.08. The van der Waals surface area contributed by atoms with Gasteiger partial charge in [-0.2, -0.15) is 0 Å². The van der Waals surface area contributed by atoms with E-state index in [-0.39, 0.29) is 5.97 Å². The molecule has 3 nitrogen and oxygen atoms in total. The Morgan fingerprint density at radius 2 is 1.74 bits per heavy atom. The van der Waals surface area contributed by atoms with Crippen molar-refractivity contribution in [1.29, 1.82) is 0 Å². The first-order valence-corrected chi connectivity index (χ1v) is 6.89. The van der Waals surface area contributed by atoms with Crippen LogP contribution in [0.4, 0.5) is 0 Å². The van der Waals surface area contributed by atoms with Gasteiger partial charge >= 0.3 is 5.97 Å². The van der Waals surface area contributed by atoms with Gasteiger partial charge in [0.15, 0.2) is 5.69 Å². The Bertz CT molecular complexity index is 621. The number of esters is 1. The highest BCUT2D eigenvalue weighted by Crippen LogP contribution is 2.33. The molecule has 0 radical (unpaired) electrons. The third-order valence-corrected chi connectivity index (χ3v) is 4.05. The molecule has 1 aromatic carbocycles. The molecule has 0 amide bonds. The molecule has 0 N–H and O–H groups in total. The van der Waals surface area contributed by atoms with E-state index in [0.29, 0.717) is 5.69 Å². The van der Waals surface area contributed by atoms with Crippen molar-refractivity contribution in [2.75, 3.05) is 7.11 Å². The summed E-state index contributed by atoms with van der Waals surface area (Å²) in [5.41, 5.74) is 5.14. The SMILES string of the molecule is COC(=O)c1nc(-c2c(C)cc(C)cc2C)sc1C. The summed E-state index contributed by atoms with van der Waals surface area (Å²) in [6.45, 7) is 8.12. The molecular weight excluding hydrogens is 258 g/mol. The van der Waals surface area contributed by atoms with Crippen molar-refractivity contribution >= 4 is 17.3 Å². The van der Waals surface area contributed by atoms with Crippen LogP contribution >= 0.6 is 11.3 Å². The van der Waals surface area contributed by atoms with E-state index in [9.17, 15) is 4.79 Å². The van der Waals surface area contributed by atoms with E-state index >= 15 is 0 Å². The fourth-order valence-corrected chi connectivity index (χ4v) is 3.38. The van der Waals surface area contributed by atoms with Gasteiger partial charge < -0.3 is 4.74 Å². The molecule has 0 aliphatic rings. The molecule has 0 saturated heterocycles. The maximum absolute atomic E-state index is 11.6. The summed E-state index contributed by atoms with van der Waals surface area (Å²) in [5, 5.41) is 0.882. The lowest BCUT2D eigenvalue weighted by molar-refractivity contribution is 0.0594. The Labute approximate surface area is 117 Å². The topological polar surface area (TPSA) is 39.2 Å². The maximum atomic E-state index is 11.6. The van der Waals surface area contributed by atoms with E-state index in [0.717, 1.165) is 15.4 Å². The number of aryl methyl sites for hydroxylation is 4. The van der Waals surface area contributed by atoms with Gasteiger partial charge in [-0.05, 0) is 38.8 Å². The van der Waals surface area contributed by atoms with Crippen LogP contribution in [0.25, 0.3) is 10.6 Å². The summed E-state index contributed by atoms with van der Waals surface area (Å²) in [4.78, 5) is 17.0. The van der Waals surface area contributed by atoms with Crippen molar-refractivity contribution in [3.8, 4) is 10.6 Å². The van der Waals surface area contributed by atoms with Crippen LogP contribution in [0.1, 0.15) is 32.1 Å². The van der Waals surface area contributed by atoms with Gasteiger partial charge in [0.05, 0.1) is 7.11 Å². The Hall–Kier alpha value is -1.68. The van der Waals surface area contributed by atoms with Gasteiger partial charge in [0.25, 0.3) is 0 Å². The zero-order valence-corrected chi connectivity index (χ0v) is 12.6. The number of carbonyl (C=O) groups is 1. The predicted molar refractivity (Wildman–Crippen MR) is 77.8 cm³/mol. The Morgan fingerprint density at radius 1 is 1.16 bits per heavy atom. The van der Waals surface area contributed by atoms with E-state index in [1.165, 1.54) is 35.1 Å². The smallest absolute Gasteiger partial charge is 0.357 e. The fourth-order valence-electron chi connectivity index (χ4n) is 2.31. The molecule has 0 spiro atoms. The highest BCUT2D eigenvalue weighted by molar-refractivity contribution is 7.15. The number of thiazole rings is 1. The third-order valence-electron chi connectivity index (χ3n) is 3.07. The summed E-state index contributed by atoms with van der Waals surface area (Å²) in [7, 11) is 1.38. The molecule has 0 fully saturated rings. The van der Waals surface area contributed by atoms with Crippen LogP contribution in [0, 0.1) is 27.7 Å². The van der Waals surface area contributed by atoms with Crippen molar-refractivity contribution in [2.24, 2.45) is 0 Å². The summed E-state index contributed by atoms with van der Waals surface area (Å²) in [6.07, 6.45) is 0. The molecule has 19 heavy (non-hydrogen) atoms. The van der Waals surface area contributed by atoms with Gasteiger partial charge in [-0.15, -0.1) is 11.3 Å². The fraction of sp³-hybridized carbons (Fsp3) is 0.333. The average molecular weight is 275 g/mol. The summed E-state index contributed by atoms with van der Waals surface area (Å²) in [5.74, 6) is -0.373. The van der Waals surface area contributed by atoms with Crippen molar-refractivity contribution in [3.63, 3.8) is 0 Å². The zero-order chi connectivity index (χ0) is 14.2. The van der Waals surface area contributed by atoms with E-state index in [2.05, 4.69) is 37.9 Å². The average Bonchev–Trinajstić information content (AvgIpc) is 2.68. The van der Waals surface area contributed by atoms with Crippen LogP contribution in [0.2, 0.25) is 0 Å². The lowest BCUT2D eigenvalue weighted by Crippen LogP contribution is -2.03. The molecule has 1 aromatic heterocycles. The van der Waals surface area contributed by atoms with Crippen LogP contribution in [-0.4, -0.2) is 18.1 Å². The minimum atomic E-state index is -0.373. The molecule has 0 saturated carbocycles. The van der Waals surface area contributed by atoms with Crippen LogP contribution in [-0.2, 0) is 4.74 Å². The van der Waals surface area contributed by atoms with E-state index in [4.69, 9.17) is 4.74 Å². The minimum absolute atomic E-state index is 0.373. The number of benzene rings is 1. The maximum Gasteiger partial charge on any atom is 0.357 e. The molecule has 2 aromatic rings. The Kier molecular flexibility index (Phi) is 3.71. The monoisotopic (exact) mass is 275 g/mol. The number of aromatic nitrogens is 1. The second-order valence-corrected chi connectivity index (χ2v) is 5.89. The first kappa shape index (κ1) is 13.7. The predicted octanol–water partition coefficient (Wildman–Crippen LogP) is 3.83. The molecule has 1 heterocycles. The number of ether oxygens (including phenoxy) is 1. The largest absolute Gasteiger partial charge is 0.464 e. The van der Waals surface area contributed by atoms with Crippen LogP contribution in [0.5, 0.6) is 0 Å². The summed E-state index contributed by atoms with van der Waals surface area (Å²) in [6, 6.07) is 4.27. The van der Waals surface area contributed by atoms with Crippen molar-refractivity contribution in [2.45, 2.75) is 27.7 Å². The van der Waals surface area contributed by atoms with Crippen LogP contribution in [0.3, 0.4) is 0 Å². The van der Waals surface area contributed by atoms with E-state index in [1.807, 2.05) is 6.92 Å². The zero-order valence-electron chi connectivity index (χ0n) is 11.8. The molecule has 100 valence electrons. The Morgan fingerprint density at radius 3 is 2.26 bits per heavy atom. The highest BCUT2D eigenvalue weighted by atomic mass is 32.1. The van der Waals surface area contributed by atoms with Crippen LogP contribution < -0.4 is 0 Å². The second-order valence-electron chi connectivity index (χ2n) is 4.69. The van der Waals surface area contributed by atoms with Crippen molar-refractivity contribution in [1.82, 2.24) is 4.98 Å².